The molecule has 1 aromatic heterocycles. The maximum absolute atomic E-state index is 6.30. The number of methoxy groups -OCH3 is 1. The highest BCUT2D eigenvalue weighted by atomic mass is 35.5. The molecule has 1 aromatic rings. The summed E-state index contributed by atoms with van der Waals surface area (Å²) in [4.78, 5) is 0. The van der Waals surface area contributed by atoms with Crippen molar-refractivity contribution in [1.29, 1.82) is 0 Å². The largest absolute Gasteiger partial charge is 0.383 e. The highest BCUT2D eigenvalue weighted by molar-refractivity contribution is 6.31. The third kappa shape index (κ3) is 3.48. The summed E-state index contributed by atoms with van der Waals surface area (Å²) in [5, 5.41) is 8.33. The molecule has 0 bridgehead atoms. The van der Waals surface area contributed by atoms with E-state index in [0.29, 0.717) is 18.2 Å². The van der Waals surface area contributed by atoms with Gasteiger partial charge in [0, 0.05) is 13.7 Å². The Morgan fingerprint density at radius 2 is 2.47 bits per heavy atom. The summed E-state index contributed by atoms with van der Waals surface area (Å²) in [7, 11) is 3.62. The van der Waals surface area contributed by atoms with Crippen LogP contribution < -0.4 is 5.32 Å². The fourth-order valence-electron chi connectivity index (χ4n) is 2.56. The molecule has 2 rings (SSSR count). The van der Waals surface area contributed by atoms with E-state index in [1.54, 1.807) is 13.3 Å². The molecule has 1 N–H and O–H groups in total. The fraction of sp³-hybridized carbons (Fsp3) is 0.769. The summed E-state index contributed by atoms with van der Waals surface area (Å²) in [5.41, 5.74) is 0.994. The predicted molar refractivity (Wildman–Crippen MR) is 74.5 cm³/mol. The van der Waals surface area contributed by atoms with Gasteiger partial charge in [0.1, 0.15) is 0 Å². The van der Waals surface area contributed by atoms with Gasteiger partial charge in [0.15, 0.2) is 0 Å². The van der Waals surface area contributed by atoms with Crippen LogP contribution in [0.25, 0.3) is 0 Å². The van der Waals surface area contributed by atoms with E-state index in [-0.39, 0.29) is 12.1 Å². The highest BCUT2D eigenvalue weighted by Crippen LogP contribution is 2.30. The van der Waals surface area contributed by atoms with Crippen molar-refractivity contribution >= 4 is 11.6 Å². The summed E-state index contributed by atoms with van der Waals surface area (Å²) in [6.45, 7) is 2.14. The first kappa shape index (κ1) is 14.8. The van der Waals surface area contributed by atoms with E-state index in [4.69, 9.17) is 21.1 Å². The minimum atomic E-state index is 0.0761. The average molecular weight is 288 g/mol. The molecule has 0 aromatic carbocycles. The second-order valence-corrected chi connectivity index (χ2v) is 5.17. The number of hydrogen-bond acceptors (Lipinski definition) is 4. The van der Waals surface area contributed by atoms with E-state index < -0.39 is 0 Å². The van der Waals surface area contributed by atoms with Gasteiger partial charge in [0.05, 0.1) is 42.2 Å². The minimum Gasteiger partial charge on any atom is -0.383 e. The first-order chi connectivity index (χ1) is 9.27. The van der Waals surface area contributed by atoms with Crippen molar-refractivity contribution in [2.75, 3.05) is 27.4 Å². The lowest BCUT2D eigenvalue weighted by Crippen LogP contribution is -2.36. The lowest BCUT2D eigenvalue weighted by atomic mass is 9.99. The van der Waals surface area contributed by atoms with Crippen LogP contribution in [0, 0.1) is 0 Å². The lowest BCUT2D eigenvalue weighted by Gasteiger charge is -2.31. The smallest absolute Gasteiger partial charge is 0.0835 e. The molecule has 2 atom stereocenters. The van der Waals surface area contributed by atoms with Gasteiger partial charge in [-0.1, -0.05) is 11.6 Å². The van der Waals surface area contributed by atoms with E-state index in [9.17, 15) is 0 Å². The zero-order chi connectivity index (χ0) is 13.7. The lowest BCUT2D eigenvalue weighted by molar-refractivity contribution is -0.00859. The Hall–Kier alpha value is -0.620. The standard InChI is InChI=1S/C13H22ClN3O2/c1-15-12(11-5-3-4-7-19-11)13-10(14)9-16-17(13)6-8-18-2/h9,11-12,15H,3-8H2,1-2H3. The first-order valence-corrected chi connectivity index (χ1v) is 7.14. The van der Waals surface area contributed by atoms with Gasteiger partial charge in [-0.15, -0.1) is 0 Å². The van der Waals surface area contributed by atoms with Crippen LogP contribution >= 0.6 is 11.6 Å². The van der Waals surface area contributed by atoms with Crippen LogP contribution in [-0.2, 0) is 16.0 Å². The summed E-state index contributed by atoms with van der Waals surface area (Å²) in [5.74, 6) is 0. The number of likely N-dealkylation sites (N-methyl/N-ethyl adjacent to an activating group) is 1. The Balaban J connectivity index is 2.18. The Bertz CT molecular complexity index is 391. The topological polar surface area (TPSA) is 48.3 Å². The van der Waals surface area contributed by atoms with E-state index in [0.717, 1.165) is 25.1 Å². The van der Waals surface area contributed by atoms with Crippen LogP contribution in [0.15, 0.2) is 6.20 Å². The van der Waals surface area contributed by atoms with Crippen LogP contribution in [0.2, 0.25) is 5.02 Å². The SMILES string of the molecule is CNC(c1c(Cl)cnn1CCOC)C1CCCCO1. The molecule has 1 saturated heterocycles. The van der Waals surface area contributed by atoms with Crippen molar-refractivity contribution in [2.45, 2.75) is 38.0 Å². The second kappa shape index (κ2) is 7.24. The molecule has 1 aliphatic heterocycles. The molecule has 1 aliphatic rings. The van der Waals surface area contributed by atoms with Crippen LogP contribution in [0.3, 0.4) is 0 Å². The Morgan fingerprint density at radius 3 is 3.11 bits per heavy atom. The molecule has 1 fully saturated rings. The minimum absolute atomic E-state index is 0.0761. The zero-order valence-electron chi connectivity index (χ0n) is 11.6. The Labute approximate surface area is 119 Å². The summed E-state index contributed by atoms with van der Waals surface area (Å²) in [6, 6.07) is 0.0761. The molecular weight excluding hydrogens is 266 g/mol. The summed E-state index contributed by atoms with van der Waals surface area (Å²) in [6.07, 6.45) is 5.25. The number of aromatic nitrogens is 2. The highest BCUT2D eigenvalue weighted by Gasteiger charge is 2.29. The molecule has 0 radical (unpaired) electrons. The Morgan fingerprint density at radius 1 is 1.63 bits per heavy atom. The third-order valence-corrected chi connectivity index (χ3v) is 3.82. The van der Waals surface area contributed by atoms with Crippen molar-refractivity contribution in [3.8, 4) is 0 Å². The molecular formula is C13H22ClN3O2. The van der Waals surface area contributed by atoms with Gasteiger partial charge in [-0.3, -0.25) is 4.68 Å². The van der Waals surface area contributed by atoms with Gasteiger partial charge in [-0.25, -0.2) is 0 Å². The first-order valence-electron chi connectivity index (χ1n) is 6.77. The normalized spacial score (nSPS) is 21.5. The molecule has 0 spiro atoms. The van der Waals surface area contributed by atoms with E-state index in [1.165, 1.54) is 6.42 Å². The average Bonchev–Trinajstić information content (AvgIpc) is 2.80. The van der Waals surface area contributed by atoms with Gasteiger partial charge < -0.3 is 14.8 Å². The number of halogens is 1. The van der Waals surface area contributed by atoms with Crippen molar-refractivity contribution in [2.24, 2.45) is 0 Å². The summed E-state index contributed by atoms with van der Waals surface area (Å²) < 4.78 is 12.9. The maximum atomic E-state index is 6.30. The summed E-state index contributed by atoms with van der Waals surface area (Å²) >= 11 is 6.30. The maximum Gasteiger partial charge on any atom is 0.0835 e. The number of nitrogens with one attached hydrogen (secondary N) is 1. The zero-order valence-corrected chi connectivity index (χ0v) is 12.3. The molecule has 6 heteroatoms. The van der Waals surface area contributed by atoms with E-state index in [2.05, 4.69) is 10.4 Å². The number of rotatable bonds is 6. The Kier molecular flexibility index (Phi) is 5.63. The fourth-order valence-corrected chi connectivity index (χ4v) is 2.82. The van der Waals surface area contributed by atoms with E-state index >= 15 is 0 Å². The molecule has 108 valence electrons. The second-order valence-electron chi connectivity index (χ2n) is 4.77. The molecule has 0 aliphatic carbocycles. The number of ether oxygens (including phenoxy) is 2. The van der Waals surface area contributed by atoms with Gasteiger partial charge in [0.25, 0.3) is 0 Å². The van der Waals surface area contributed by atoms with Gasteiger partial charge in [-0.2, -0.15) is 5.10 Å². The quantitative estimate of drug-likeness (QED) is 0.869. The molecule has 0 amide bonds. The number of nitrogens with zero attached hydrogens (tertiary/aromatic N) is 2. The van der Waals surface area contributed by atoms with Crippen LogP contribution in [-0.4, -0.2) is 43.3 Å². The predicted octanol–water partition coefficient (Wildman–Crippen LogP) is 2.01. The van der Waals surface area contributed by atoms with Crippen LogP contribution in [0.5, 0.6) is 0 Å². The molecule has 5 nitrogen and oxygen atoms in total. The van der Waals surface area contributed by atoms with E-state index in [1.807, 2.05) is 11.7 Å². The van der Waals surface area contributed by atoms with Crippen LogP contribution in [0.1, 0.15) is 31.0 Å². The molecule has 2 unspecified atom stereocenters. The third-order valence-electron chi connectivity index (χ3n) is 3.53. The molecule has 0 saturated carbocycles. The molecule has 19 heavy (non-hydrogen) atoms. The number of hydrogen-bond donors (Lipinski definition) is 1. The van der Waals surface area contributed by atoms with Crippen molar-refractivity contribution in [1.82, 2.24) is 15.1 Å². The van der Waals surface area contributed by atoms with Crippen molar-refractivity contribution in [3.05, 3.63) is 16.9 Å². The van der Waals surface area contributed by atoms with Crippen LogP contribution in [0.4, 0.5) is 0 Å². The van der Waals surface area contributed by atoms with Crippen molar-refractivity contribution in [3.63, 3.8) is 0 Å². The van der Waals surface area contributed by atoms with Gasteiger partial charge >= 0.3 is 0 Å². The monoisotopic (exact) mass is 287 g/mol. The van der Waals surface area contributed by atoms with Gasteiger partial charge in [0.2, 0.25) is 0 Å². The van der Waals surface area contributed by atoms with Gasteiger partial charge in [-0.05, 0) is 26.3 Å². The van der Waals surface area contributed by atoms with Crippen molar-refractivity contribution < 1.29 is 9.47 Å². The molecule has 2 heterocycles.